The average molecular weight is 456 g/mol. The maximum Gasteiger partial charge on any atom is 0.253 e. The first kappa shape index (κ1) is 23.3. The quantitative estimate of drug-likeness (QED) is 0.426. The van der Waals surface area contributed by atoms with Crippen LogP contribution in [0.5, 0.6) is 23.0 Å². The predicted molar refractivity (Wildman–Crippen MR) is 124 cm³/mol. The zero-order chi connectivity index (χ0) is 22.9. The molecule has 3 rings (SSSR count). The Bertz CT molecular complexity index is 1020. The number of nitrogens with zero attached hydrogens (tertiary/aromatic N) is 1. The fourth-order valence-electron chi connectivity index (χ4n) is 3.05. The van der Waals surface area contributed by atoms with Gasteiger partial charge in [0.25, 0.3) is 5.91 Å². The van der Waals surface area contributed by atoms with Crippen LogP contribution in [0.4, 0.5) is 0 Å². The van der Waals surface area contributed by atoms with E-state index in [2.05, 4.69) is 0 Å². The highest BCUT2D eigenvalue weighted by molar-refractivity contribution is 6.32. The molecule has 1 amide bonds. The Morgan fingerprint density at radius 2 is 1.50 bits per heavy atom. The normalized spacial score (nSPS) is 10.4. The van der Waals surface area contributed by atoms with Crippen molar-refractivity contribution < 1.29 is 23.7 Å². The molecule has 0 fully saturated rings. The number of amides is 1. The summed E-state index contributed by atoms with van der Waals surface area (Å²) in [7, 11) is 4.76. The first-order chi connectivity index (χ1) is 15.5. The number of halogens is 1. The van der Waals surface area contributed by atoms with Crippen LogP contribution in [-0.4, -0.2) is 45.2 Å². The van der Waals surface area contributed by atoms with E-state index in [0.717, 1.165) is 5.56 Å². The van der Waals surface area contributed by atoms with Gasteiger partial charge in [-0.05, 0) is 29.8 Å². The summed E-state index contributed by atoms with van der Waals surface area (Å²) in [5.74, 6) is 1.67. The second kappa shape index (κ2) is 11.3. The Balaban J connectivity index is 1.69. The van der Waals surface area contributed by atoms with E-state index in [9.17, 15) is 4.79 Å². The maximum atomic E-state index is 13.0. The molecule has 0 aliphatic heterocycles. The molecular formula is C25H26ClNO5. The van der Waals surface area contributed by atoms with Crippen LogP contribution in [0.1, 0.15) is 15.9 Å². The van der Waals surface area contributed by atoms with Gasteiger partial charge in [0.1, 0.15) is 19.0 Å². The molecular weight excluding hydrogens is 430 g/mol. The van der Waals surface area contributed by atoms with Gasteiger partial charge in [0.05, 0.1) is 25.8 Å². The molecule has 32 heavy (non-hydrogen) atoms. The van der Waals surface area contributed by atoms with E-state index in [1.54, 1.807) is 36.2 Å². The number of rotatable bonds is 10. The van der Waals surface area contributed by atoms with Crippen LogP contribution in [0.25, 0.3) is 0 Å². The summed E-state index contributed by atoms with van der Waals surface area (Å²) in [6.45, 7) is 1.03. The van der Waals surface area contributed by atoms with Gasteiger partial charge >= 0.3 is 0 Å². The zero-order valence-electron chi connectivity index (χ0n) is 18.3. The smallest absolute Gasteiger partial charge is 0.253 e. The summed E-state index contributed by atoms with van der Waals surface area (Å²) in [6, 6.07) is 20.3. The van der Waals surface area contributed by atoms with Crippen LogP contribution >= 0.6 is 11.6 Å². The largest absolute Gasteiger partial charge is 0.493 e. The number of likely N-dealkylation sites (N-methyl/N-ethyl adjacent to an activating group) is 1. The van der Waals surface area contributed by atoms with Crippen molar-refractivity contribution in [1.29, 1.82) is 0 Å². The molecule has 7 heteroatoms. The minimum Gasteiger partial charge on any atom is -0.493 e. The molecule has 0 bridgehead atoms. The van der Waals surface area contributed by atoms with E-state index < -0.39 is 0 Å². The van der Waals surface area contributed by atoms with Crippen molar-refractivity contribution in [3.05, 3.63) is 82.9 Å². The molecule has 3 aromatic rings. The number of carbonyl (C=O) groups excluding carboxylic acids is 1. The number of benzene rings is 3. The van der Waals surface area contributed by atoms with Gasteiger partial charge in [0, 0.05) is 12.6 Å². The molecule has 0 atom stereocenters. The van der Waals surface area contributed by atoms with Crippen molar-refractivity contribution in [3.8, 4) is 23.0 Å². The molecule has 0 N–H and O–H groups in total. The molecule has 0 aliphatic rings. The molecule has 0 spiro atoms. The molecule has 0 saturated carbocycles. The van der Waals surface area contributed by atoms with Crippen LogP contribution in [-0.2, 0) is 6.61 Å². The van der Waals surface area contributed by atoms with Gasteiger partial charge in [-0.1, -0.05) is 54.1 Å². The number of methoxy groups -OCH3 is 2. The molecule has 0 heterocycles. The number of para-hydroxylation sites is 1. The minimum absolute atomic E-state index is 0.195. The standard InChI is InChI=1S/C25H26ClNO5/c1-27(13-14-31-21-12-8-7-11-20(21)26)25(28)19-15-22(29-2)24(23(16-19)30-3)32-17-18-9-5-4-6-10-18/h4-12,15-16H,13-14,17H2,1-3H3. The lowest BCUT2D eigenvalue weighted by molar-refractivity contribution is 0.0773. The van der Waals surface area contributed by atoms with Gasteiger partial charge in [0.2, 0.25) is 5.75 Å². The van der Waals surface area contributed by atoms with Gasteiger partial charge in [-0.25, -0.2) is 0 Å². The van der Waals surface area contributed by atoms with Gasteiger partial charge < -0.3 is 23.8 Å². The molecule has 3 aromatic carbocycles. The van der Waals surface area contributed by atoms with Crippen molar-refractivity contribution in [2.45, 2.75) is 6.61 Å². The average Bonchev–Trinajstić information content (AvgIpc) is 2.83. The van der Waals surface area contributed by atoms with Gasteiger partial charge in [-0.3, -0.25) is 4.79 Å². The molecule has 168 valence electrons. The summed E-state index contributed by atoms with van der Waals surface area (Å²) in [4.78, 5) is 14.5. The van der Waals surface area contributed by atoms with Gasteiger partial charge in [-0.15, -0.1) is 0 Å². The lowest BCUT2D eigenvalue weighted by atomic mass is 10.1. The Labute approximate surface area is 193 Å². The number of carbonyl (C=O) groups is 1. The first-order valence-corrected chi connectivity index (χ1v) is 10.5. The van der Waals surface area contributed by atoms with Crippen molar-refractivity contribution in [2.24, 2.45) is 0 Å². The van der Waals surface area contributed by atoms with Crippen molar-refractivity contribution in [3.63, 3.8) is 0 Å². The lowest BCUT2D eigenvalue weighted by Gasteiger charge is -2.20. The molecule has 6 nitrogen and oxygen atoms in total. The van der Waals surface area contributed by atoms with Crippen molar-refractivity contribution in [1.82, 2.24) is 4.90 Å². The van der Waals surface area contributed by atoms with Crippen LogP contribution in [0.15, 0.2) is 66.7 Å². The van der Waals surface area contributed by atoms with E-state index >= 15 is 0 Å². The molecule has 0 aromatic heterocycles. The van der Waals surface area contributed by atoms with Gasteiger partial charge in [-0.2, -0.15) is 0 Å². The minimum atomic E-state index is -0.195. The number of hydrogen-bond acceptors (Lipinski definition) is 5. The Morgan fingerprint density at radius 3 is 2.12 bits per heavy atom. The topological polar surface area (TPSA) is 57.2 Å². The highest BCUT2D eigenvalue weighted by Crippen LogP contribution is 2.39. The molecule has 0 saturated heterocycles. The summed E-state index contributed by atoms with van der Waals surface area (Å²) >= 11 is 6.10. The third-order valence-corrected chi connectivity index (χ3v) is 5.11. The van der Waals surface area contributed by atoms with Crippen LogP contribution < -0.4 is 18.9 Å². The summed E-state index contributed by atoms with van der Waals surface area (Å²) in [5, 5.41) is 0.530. The monoisotopic (exact) mass is 455 g/mol. The van der Waals surface area contributed by atoms with Crippen LogP contribution in [0.3, 0.4) is 0 Å². The zero-order valence-corrected chi connectivity index (χ0v) is 19.1. The highest BCUT2D eigenvalue weighted by atomic mass is 35.5. The second-order valence-electron chi connectivity index (χ2n) is 6.99. The summed E-state index contributed by atoms with van der Waals surface area (Å²) in [6.07, 6.45) is 0. The van der Waals surface area contributed by atoms with Crippen molar-refractivity contribution >= 4 is 17.5 Å². The maximum absolute atomic E-state index is 13.0. The number of ether oxygens (including phenoxy) is 4. The van der Waals surface area contributed by atoms with Crippen molar-refractivity contribution in [2.75, 3.05) is 34.4 Å². The fourth-order valence-corrected chi connectivity index (χ4v) is 3.24. The SMILES string of the molecule is COc1cc(C(=O)N(C)CCOc2ccccc2Cl)cc(OC)c1OCc1ccccc1. The Kier molecular flexibility index (Phi) is 8.22. The third-order valence-electron chi connectivity index (χ3n) is 4.80. The molecule has 0 unspecified atom stereocenters. The molecule has 0 aliphatic carbocycles. The summed E-state index contributed by atoms with van der Waals surface area (Å²) in [5.41, 5.74) is 1.43. The van der Waals surface area contributed by atoms with E-state index in [1.807, 2.05) is 42.5 Å². The first-order valence-electron chi connectivity index (χ1n) is 10.1. The highest BCUT2D eigenvalue weighted by Gasteiger charge is 2.20. The summed E-state index contributed by atoms with van der Waals surface area (Å²) < 4.78 is 22.6. The van der Waals surface area contributed by atoms with E-state index in [0.29, 0.717) is 53.3 Å². The molecule has 0 radical (unpaired) electrons. The van der Waals surface area contributed by atoms with E-state index in [4.69, 9.17) is 30.5 Å². The Morgan fingerprint density at radius 1 is 0.875 bits per heavy atom. The van der Waals surface area contributed by atoms with Crippen LogP contribution in [0, 0.1) is 0 Å². The third kappa shape index (κ3) is 5.86. The van der Waals surface area contributed by atoms with E-state index in [-0.39, 0.29) is 5.91 Å². The predicted octanol–water partition coefficient (Wildman–Crippen LogP) is 5.09. The Hall–Kier alpha value is -3.38. The second-order valence-corrected chi connectivity index (χ2v) is 7.40. The van der Waals surface area contributed by atoms with E-state index in [1.165, 1.54) is 14.2 Å². The van der Waals surface area contributed by atoms with Crippen LogP contribution in [0.2, 0.25) is 5.02 Å². The lowest BCUT2D eigenvalue weighted by Crippen LogP contribution is -2.31. The number of hydrogen-bond donors (Lipinski definition) is 0. The fraction of sp³-hybridized carbons (Fsp3) is 0.240. The van der Waals surface area contributed by atoms with Gasteiger partial charge in [0.15, 0.2) is 11.5 Å².